The molecule has 1 aliphatic rings. The SMILES string of the molecule is CC(C)(C)c1nc2c(c(-c3cscn3)n1)CCN(C(=O)O)C2. The highest BCUT2D eigenvalue weighted by molar-refractivity contribution is 7.07. The van der Waals surface area contributed by atoms with E-state index in [-0.39, 0.29) is 5.41 Å². The summed E-state index contributed by atoms with van der Waals surface area (Å²) in [7, 11) is 0. The molecule has 3 heterocycles. The fourth-order valence-corrected chi connectivity index (χ4v) is 3.01. The van der Waals surface area contributed by atoms with Crippen molar-refractivity contribution in [2.75, 3.05) is 6.54 Å². The van der Waals surface area contributed by atoms with Gasteiger partial charge in [-0.25, -0.2) is 19.7 Å². The number of thiazole rings is 1. The molecular formula is C15H18N4O2S. The Labute approximate surface area is 132 Å². The van der Waals surface area contributed by atoms with E-state index in [4.69, 9.17) is 4.98 Å². The van der Waals surface area contributed by atoms with Crippen LogP contribution in [0.1, 0.15) is 37.9 Å². The molecule has 0 radical (unpaired) electrons. The third-order valence-corrected chi connectivity index (χ3v) is 4.27. The number of aromatic nitrogens is 3. The van der Waals surface area contributed by atoms with Crippen molar-refractivity contribution in [3.8, 4) is 11.4 Å². The number of fused-ring (bicyclic) bond motifs is 1. The predicted molar refractivity (Wildman–Crippen MR) is 84.0 cm³/mol. The maximum atomic E-state index is 11.2. The Morgan fingerprint density at radius 1 is 1.36 bits per heavy atom. The average Bonchev–Trinajstić information content (AvgIpc) is 2.98. The lowest BCUT2D eigenvalue weighted by molar-refractivity contribution is 0.139. The zero-order valence-corrected chi connectivity index (χ0v) is 13.6. The molecule has 6 nitrogen and oxygen atoms in total. The van der Waals surface area contributed by atoms with Crippen LogP contribution in [0.2, 0.25) is 0 Å². The van der Waals surface area contributed by atoms with Gasteiger partial charge < -0.3 is 10.0 Å². The zero-order chi connectivity index (χ0) is 15.9. The molecule has 0 atom stereocenters. The molecule has 0 saturated heterocycles. The Bertz CT molecular complexity index is 707. The molecule has 2 aromatic rings. The number of nitrogens with zero attached hydrogens (tertiary/aromatic N) is 4. The van der Waals surface area contributed by atoms with Crippen LogP contribution >= 0.6 is 11.3 Å². The molecule has 0 fully saturated rings. The van der Waals surface area contributed by atoms with Gasteiger partial charge in [0.15, 0.2) is 0 Å². The van der Waals surface area contributed by atoms with Crippen molar-refractivity contribution in [3.63, 3.8) is 0 Å². The summed E-state index contributed by atoms with van der Waals surface area (Å²) in [5.74, 6) is 0.724. The summed E-state index contributed by atoms with van der Waals surface area (Å²) in [6, 6.07) is 0. The molecule has 116 valence electrons. The molecule has 3 rings (SSSR count). The first-order valence-electron chi connectivity index (χ1n) is 7.13. The summed E-state index contributed by atoms with van der Waals surface area (Å²) in [4.78, 5) is 26.4. The Hall–Kier alpha value is -2.02. The first-order valence-corrected chi connectivity index (χ1v) is 8.07. The molecule has 22 heavy (non-hydrogen) atoms. The minimum absolute atomic E-state index is 0.203. The van der Waals surface area contributed by atoms with Gasteiger partial charge in [-0.3, -0.25) is 0 Å². The molecule has 1 aliphatic heterocycles. The van der Waals surface area contributed by atoms with Gasteiger partial charge in [0.2, 0.25) is 0 Å². The van der Waals surface area contributed by atoms with Crippen LogP contribution in [0.5, 0.6) is 0 Å². The Morgan fingerprint density at radius 2 is 2.14 bits per heavy atom. The third-order valence-electron chi connectivity index (χ3n) is 3.68. The number of carbonyl (C=O) groups is 1. The molecule has 0 saturated carbocycles. The van der Waals surface area contributed by atoms with Crippen LogP contribution in [0, 0.1) is 0 Å². The summed E-state index contributed by atoms with van der Waals surface area (Å²) in [5, 5.41) is 11.2. The van der Waals surface area contributed by atoms with Gasteiger partial charge in [-0.05, 0) is 6.42 Å². The van der Waals surface area contributed by atoms with Gasteiger partial charge in [-0.1, -0.05) is 20.8 Å². The quantitative estimate of drug-likeness (QED) is 0.874. The lowest BCUT2D eigenvalue weighted by Crippen LogP contribution is -2.36. The molecular weight excluding hydrogens is 300 g/mol. The Kier molecular flexibility index (Phi) is 3.60. The van der Waals surface area contributed by atoms with Crippen molar-refractivity contribution in [1.29, 1.82) is 0 Å². The van der Waals surface area contributed by atoms with Crippen LogP contribution in [0.4, 0.5) is 4.79 Å². The van der Waals surface area contributed by atoms with Crippen LogP contribution in [-0.2, 0) is 18.4 Å². The lowest BCUT2D eigenvalue weighted by atomic mass is 9.93. The predicted octanol–water partition coefficient (Wildman–Crippen LogP) is 2.93. The van der Waals surface area contributed by atoms with Crippen LogP contribution in [0.15, 0.2) is 10.9 Å². The molecule has 0 spiro atoms. The van der Waals surface area contributed by atoms with Gasteiger partial charge in [-0.15, -0.1) is 11.3 Å². The molecule has 7 heteroatoms. The largest absolute Gasteiger partial charge is 0.465 e. The van der Waals surface area contributed by atoms with E-state index in [1.165, 1.54) is 16.2 Å². The first kappa shape index (κ1) is 14.9. The number of hydrogen-bond acceptors (Lipinski definition) is 5. The molecule has 0 aromatic carbocycles. The molecule has 0 bridgehead atoms. The van der Waals surface area contributed by atoms with Crippen molar-refractivity contribution >= 4 is 17.4 Å². The van der Waals surface area contributed by atoms with E-state index in [9.17, 15) is 9.90 Å². The average molecular weight is 318 g/mol. The van der Waals surface area contributed by atoms with Crippen molar-refractivity contribution in [2.24, 2.45) is 0 Å². The summed E-state index contributed by atoms with van der Waals surface area (Å²) in [6.45, 7) is 6.94. The fraction of sp³-hybridized carbons (Fsp3) is 0.467. The minimum atomic E-state index is -0.906. The van der Waals surface area contributed by atoms with Gasteiger partial charge in [-0.2, -0.15) is 0 Å². The molecule has 2 aromatic heterocycles. The van der Waals surface area contributed by atoms with E-state index in [2.05, 4.69) is 30.7 Å². The summed E-state index contributed by atoms with van der Waals surface area (Å²) in [6.07, 6.45) is -0.282. The highest BCUT2D eigenvalue weighted by atomic mass is 32.1. The smallest absolute Gasteiger partial charge is 0.407 e. The number of hydrogen-bond donors (Lipinski definition) is 1. The van der Waals surface area contributed by atoms with Gasteiger partial charge in [0.25, 0.3) is 0 Å². The number of carboxylic acid groups (broad SMARTS) is 1. The number of amides is 1. The van der Waals surface area contributed by atoms with Crippen LogP contribution in [0.25, 0.3) is 11.4 Å². The third kappa shape index (κ3) is 2.68. The lowest BCUT2D eigenvalue weighted by Gasteiger charge is -2.28. The van der Waals surface area contributed by atoms with E-state index < -0.39 is 6.09 Å². The fourth-order valence-electron chi connectivity index (χ4n) is 2.47. The van der Waals surface area contributed by atoms with Gasteiger partial charge in [0.05, 0.1) is 29.1 Å². The van der Waals surface area contributed by atoms with E-state index in [0.29, 0.717) is 19.5 Å². The second-order valence-corrected chi connectivity index (χ2v) is 7.12. The standard InChI is InChI=1S/C15H18N4O2S/c1-15(2,3)13-17-10-6-19(14(20)21)5-4-9(10)12(18-13)11-7-22-8-16-11/h7-8H,4-6H2,1-3H3,(H,20,21). The van der Waals surface area contributed by atoms with E-state index >= 15 is 0 Å². The van der Waals surface area contributed by atoms with Gasteiger partial charge >= 0.3 is 6.09 Å². The van der Waals surface area contributed by atoms with Crippen LogP contribution < -0.4 is 0 Å². The van der Waals surface area contributed by atoms with E-state index in [1.807, 2.05) is 5.38 Å². The van der Waals surface area contributed by atoms with E-state index in [0.717, 1.165) is 28.5 Å². The van der Waals surface area contributed by atoms with Crippen molar-refractivity contribution < 1.29 is 9.90 Å². The van der Waals surface area contributed by atoms with Crippen molar-refractivity contribution in [1.82, 2.24) is 19.9 Å². The summed E-state index contributed by atoms with van der Waals surface area (Å²) in [5.41, 5.74) is 5.10. The van der Waals surface area contributed by atoms with Crippen molar-refractivity contribution in [3.05, 3.63) is 28.0 Å². The molecule has 1 N–H and O–H groups in total. The number of rotatable bonds is 1. The summed E-state index contributed by atoms with van der Waals surface area (Å²) >= 11 is 1.53. The van der Waals surface area contributed by atoms with Crippen LogP contribution in [0.3, 0.4) is 0 Å². The first-order chi connectivity index (χ1) is 10.4. The summed E-state index contributed by atoms with van der Waals surface area (Å²) < 4.78 is 0. The topological polar surface area (TPSA) is 79.2 Å². The maximum absolute atomic E-state index is 11.2. The molecule has 0 aliphatic carbocycles. The van der Waals surface area contributed by atoms with Crippen LogP contribution in [-0.4, -0.2) is 37.6 Å². The van der Waals surface area contributed by atoms with Crippen molar-refractivity contribution in [2.45, 2.75) is 39.2 Å². The highest BCUT2D eigenvalue weighted by Gasteiger charge is 2.28. The Balaban J connectivity index is 2.15. The molecule has 0 unspecified atom stereocenters. The second-order valence-electron chi connectivity index (χ2n) is 6.40. The Morgan fingerprint density at radius 3 is 2.73 bits per heavy atom. The molecule has 1 amide bonds. The second kappa shape index (κ2) is 5.31. The highest BCUT2D eigenvalue weighted by Crippen LogP contribution is 2.30. The van der Waals surface area contributed by atoms with Gasteiger partial charge in [0.1, 0.15) is 5.82 Å². The minimum Gasteiger partial charge on any atom is -0.465 e. The normalized spacial score (nSPS) is 14.8. The van der Waals surface area contributed by atoms with Gasteiger partial charge in [0, 0.05) is 22.9 Å². The van der Waals surface area contributed by atoms with E-state index in [1.54, 1.807) is 5.51 Å². The maximum Gasteiger partial charge on any atom is 0.407 e. The monoisotopic (exact) mass is 318 g/mol. The zero-order valence-electron chi connectivity index (χ0n) is 12.8.